The highest BCUT2D eigenvalue weighted by Gasteiger charge is 2.33. The lowest BCUT2D eigenvalue weighted by Crippen LogP contribution is -2.35. The molecule has 0 saturated carbocycles. The highest BCUT2D eigenvalue weighted by atomic mass is 35.7. The van der Waals surface area contributed by atoms with Crippen LogP contribution in [0.15, 0.2) is 4.40 Å². The van der Waals surface area contributed by atoms with Gasteiger partial charge in [0.1, 0.15) is 13.2 Å². The van der Waals surface area contributed by atoms with Gasteiger partial charge in [-0.3, -0.25) is 0 Å². The molecule has 194 valence electrons. The Balaban J connectivity index is 0. The minimum Gasteiger partial charge on any atom is -0.447 e. The van der Waals surface area contributed by atoms with Crippen LogP contribution in [0.3, 0.4) is 0 Å². The van der Waals surface area contributed by atoms with Gasteiger partial charge in [0.2, 0.25) is 10.0 Å². The zero-order chi connectivity index (χ0) is 26.5. The van der Waals surface area contributed by atoms with Crippen LogP contribution in [-0.4, -0.2) is 90.4 Å². The van der Waals surface area contributed by atoms with Crippen molar-refractivity contribution in [2.24, 2.45) is 10.3 Å². The average molecular weight is 600 g/mol. The molecule has 0 aromatic heterocycles. The molecular weight excluding hydrogens is 580 g/mol. The van der Waals surface area contributed by atoms with Crippen molar-refractivity contribution in [3.63, 3.8) is 0 Å². The molecule has 2 heterocycles. The van der Waals surface area contributed by atoms with Crippen molar-refractivity contribution in [2.75, 3.05) is 38.3 Å². The number of carbonyl (C=O) groups excluding carboxylic acids is 3. The Morgan fingerprint density at radius 3 is 1.61 bits per heavy atom. The summed E-state index contributed by atoms with van der Waals surface area (Å²) in [5, 5.41) is 0. The van der Waals surface area contributed by atoms with Gasteiger partial charge in [0, 0.05) is 39.8 Å². The maximum atomic E-state index is 11.5. The molecule has 0 radical (unpaired) electrons. The van der Waals surface area contributed by atoms with Gasteiger partial charge in [0.15, 0.2) is 0 Å². The number of hydrogen-bond donors (Lipinski definition) is 0. The lowest BCUT2D eigenvalue weighted by molar-refractivity contribution is 0.169. The van der Waals surface area contributed by atoms with E-state index in [1.807, 2.05) is 0 Å². The molecule has 14 nitrogen and oxygen atoms in total. The van der Waals surface area contributed by atoms with Crippen molar-refractivity contribution in [1.29, 1.82) is 0 Å². The van der Waals surface area contributed by atoms with E-state index in [1.54, 1.807) is 13.8 Å². The first-order valence-electron chi connectivity index (χ1n) is 8.17. The van der Waals surface area contributed by atoms with E-state index in [1.165, 1.54) is 6.26 Å². The molecule has 2 aliphatic heterocycles. The summed E-state index contributed by atoms with van der Waals surface area (Å²) in [4.78, 5) is 30.5. The molecule has 0 aliphatic carbocycles. The molecule has 33 heavy (non-hydrogen) atoms. The van der Waals surface area contributed by atoms with E-state index in [-0.39, 0.29) is 50.1 Å². The molecule has 0 N–H and O–H groups in total. The molecule has 0 atom stereocenters. The van der Waals surface area contributed by atoms with Gasteiger partial charge < -0.3 is 9.47 Å². The summed E-state index contributed by atoms with van der Waals surface area (Å²) in [6.07, 6.45) is 0.481. The minimum atomic E-state index is -4.00. The molecule has 0 aromatic carbocycles. The third-order valence-electron chi connectivity index (χ3n) is 2.74. The number of sulfonamides is 1. The van der Waals surface area contributed by atoms with Crippen LogP contribution in [0.2, 0.25) is 0 Å². The molecule has 2 fully saturated rings. The molecule has 21 heteroatoms. The van der Waals surface area contributed by atoms with E-state index in [0.29, 0.717) is 4.31 Å². The molecule has 2 amide bonds. The second kappa shape index (κ2) is 15.5. The summed E-state index contributed by atoms with van der Waals surface area (Å²) < 4.78 is 85.5. The number of nitrogens with zero attached hydrogens (tertiary/aromatic N) is 3. The Morgan fingerprint density at radius 2 is 1.42 bits per heavy atom. The predicted molar refractivity (Wildman–Crippen MR) is 117 cm³/mol. The van der Waals surface area contributed by atoms with Gasteiger partial charge in [0.05, 0.1) is 18.8 Å². The number of ether oxygens (including phenoxy) is 2. The molecule has 2 rings (SSSR count). The van der Waals surface area contributed by atoms with Crippen LogP contribution in [0.25, 0.3) is 0 Å². The van der Waals surface area contributed by atoms with Crippen LogP contribution in [-0.2, 0) is 42.8 Å². The maximum absolute atomic E-state index is 11.5. The van der Waals surface area contributed by atoms with Gasteiger partial charge in [-0.1, -0.05) is 18.2 Å². The van der Waals surface area contributed by atoms with Gasteiger partial charge in [-0.2, -0.15) is 25.0 Å². The van der Waals surface area contributed by atoms with Crippen molar-refractivity contribution in [1.82, 2.24) is 8.61 Å². The monoisotopic (exact) mass is 599 g/mol. The van der Waals surface area contributed by atoms with Crippen molar-refractivity contribution in [3.05, 3.63) is 0 Å². The van der Waals surface area contributed by atoms with Crippen LogP contribution in [0.4, 0.5) is 13.5 Å². The number of isocyanates is 1. The standard InChI is InChI=1S/C7H13NO4S.C3H4ClNO4S.CClNO3S.CH3FS/c1-6(2)5-13(10,11)8-3-4-12-7(8)9;4-10(7,8)5-1-2-9-3(5)6;2-7(5,6)3-1-4;1-3-2/h6H,3-5H2,1-2H3;1-2H2;;1H3. The van der Waals surface area contributed by atoms with Gasteiger partial charge >= 0.3 is 30.7 Å². The van der Waals surface area contributed by atoms with E-state index < -0.39 is 40.7 Å². The topological polar surface area (TPSA) is 191 Å². The molecule has 0 unspecified atom stereocenters. The van der Waals surface area contributed by atoms with E-state index in [9.17, 15) is 38.7 Å². The fourth-order valence-corrected chi connectivity index (χ4v) is 4.49. The highest BCUT2D eigenvalue weighted by molar-refractivity contribution is 8.12. The summed E-state index contributed by atoms with van der Waals surface area (Å²) >= 11 is 0.250. The summed E-state index contributed by atoms with van der Waals surface area (Å²) in [7, 11) is -2.16. The van der Waals surface area contributed by atoms with Crippen LogP contribution in [0.5, 0.6) is 0 Å². The Hall–Kier alpha value is -1.37. The van der Waals surface area contributed by atoms with E-state index >= 15 is 0 Å². The second-order valence-electron chi connectivity index (χ2n) is 5.74. The first-order chi connectivity index (χ1) is 14.9. The van der Waals surface area contributed by atoms with Gasteiger partial charge in [-0.15, -0.1) is 0 Å². The highest BCUT2D eigenvalue weighted by Crippen LogP contribution is 2.13. The molecule has 2 saturated heterocycles. The normalized spacial score (nSPS) is 15.6. The Morgan fingerprint density at radius 1 is 1.03 bits per heavy atom. The zero-order valence-electron chi connectivity index (χ0n) is 17.2. The van der Waals surface area contributed by atoms with E-state index in [4.69, 9.17) is 15.5 Å². The predicted octanol–water partition coefficient (Wildman–Crippen LogP) is 1.39. The SMILES string of the molecule is CC(C)CS(=O)(=O)N1CCOC1=O.CSF.O=C1OCCN1S(=O)(=O)Cl.O=C=NS(=O)(=O)Cl. The fraction of sp³-hybridized carbons (Fsp3) is 0.750. The van der Waals surface area contributed by atoms with Crippen LogP contribution < -0.4 is 0 Å². The smallest absolute Gasteiger partial charge is 0.424 e. The molecule has 0 aromatic rings. The number of cyclic esters (lactones) is 2. The van der Waals surface area contributed by atoms with Crippen LogP contribution >= 0.6 is 33.5 Å². The first kappa shape index (κ1) is 33.8. The molecule has 2 aliphatic rings. The van der Waals surface area contributed by atoms with Crippen LogP contribution in [0.1, 0.15) is 13.8 Å². The summed E-state index contributed by atoms with van der Waals surface area (Å²) in [5.41, 5.74) is 0. The number of amides is 2. The summed E-state index contributed by atoms with van der Waals surface area (Å²) in [6.45, 7) is 3.97. The van der Waals surface area contributed by atoms with E-state index in [2.05, 4.69) is 24.6 Å². The van der Waals surface area contributed by atoms with Crippen molar-refractivity contribution < 1.29 is 53.0 Å². The fourth-order valence-electron chi connectivity index (χ4n) is 1.76. The first-order valence-corrected chi connectivity index (χ1v) is 15.4. The lowest BCUT2D eigenvalue weighted by Gasteiger charge is -2.14. The average Bonchev–Trinajstić information content (AvgIpc) is 3.22. The van der Waals surface area contributed by atoms with Crippen molar-refractivity contribution in [2.45, 2.75) is 13.8 Å². The summed E-state index contributed by atoms with van der Waals surface area (Å²) in [5.74, 6) is 0.000602. The van der Waals surface area contributed by atoms with E-state index in [0.717, 1.165) is 10.4 Å². The Labute approximate surface area is 203 Å². The van der Waals surface area contributed by atoms with Crippen LogP contribution in [0, 0.1) is 5.92 Å². The number of halogens is 3. The van der Waals surface area contributed by atoms with Crippen molar-refractivity contribution >= 4 is 80.3 Å². The molecule has 0 bridgehead atoms. The second-order valence-corrected chi connectivity index (χ2v) is 12.6. The van der Waals surface area contributed by atoms with Gasteiger partial charge in [-0.05, 0) is 5.92 Å². The Kier molecular flexibility index (Phi) is 15.9. The molecule has 0 spiro atoms. The quantitative estimate of drug-likeness (QED) is 0.251. The largest absolute Gasteiger partial charge is 0.447 e. The van der Waals surface area contributed by atoms with Gasteiger partial charge in [0.25, 0.3) is 6.08 Å². The van der Waals surface area contributed by atoms with Crippen molar-refractivity contribution in [3.8, 4) is 0 Å². The maximum Gasteiger partial charge on any atom is 0.424 e. The summed E-state index contributed by atoms with van der Waals surface area (Å²) in [6, 6.07) is 0. The number of hydrogen-bond acceptors (Lipinski definition) is 12. The van der Waals surface area contributed by atoms with Gasteiger partial charge in [-0.25, -0.2) is 27.1 Å². The number of rotatable bonds is 5. The lowest BCUT2D eigenvalue weighted by atomic mass is 10.3. The molecular formula is C12H20Cl2FN3O11S4. The Bertz CT molecular complexity index is 1020. The minimum absolute atomic E-state index is 0.00463. The number of carbonyl (C=O) groups is 2. The zero-order valence-corrected chi connectivity index (χ0v) is 22.0. The third kappa shape index (κ3) is 16.0. The third-order valence-corrected chi connectivity index (χ3v) is 6.69.